The van der Waals surface area contributed by atoms with E-state index in [1.54, 1.807) is 32.6 Å². The van der Waals surface area contributed by atoms with Gasteiger partial charge in [-0.2, -0.15) is 0 Å². The predicted molar refractivity (Wildman–Crippen MR) is 156 cm³/mol. The van der Waals surface area contributed by atoms with E-state index in [0.29, 0.717) is 30.3 Å². The largest absolute Gasteiger partial charge is 0.356 e. The van der Waals surface area contributed by atoms with Gasteiger partial charge < -0.3 is 20.1 Å². The van der Waals surface area contributed by atoms with Gasteiger partial charge in [0.2, 0.25) is 0 Å². The second-order valence-electron chi connectivity index (χ2n) is 10.4. The molecular formula is C29H34N8O3. The van der Waals surface area contributed by atoms with Crippen LogP contribution in [0.2, 0.25) is 0 Å². The minimum Gasteiger partial charge on any atom is -0.356 e. The van der Waals surface area contributed by atoms with Crippen molar-refractivity contribution in [1.82, 2.24) is 28.6 Å². The van der Waals surface area contributed by atoms with Crippen LogP contribution >= 0.6 is 0 Å². The lowest BCUT2D eigenvalue weighted by Crippen LogP contribution is -2.44. The minimum absolute atomic E-state index is 0.0754. The second kappa shape index (κ2) is 10.6. The monoisotopic (exact) mass is 542 g/mol. The van der Waals surface area contributed by atoms with Crippen molar-refractivity contribution in [3.05, 3.63) is 62.2 Å². The number of piperidine rings is 1. The van der Waals surface area contributed by atoms with E-state index >= 15 is 0 Å². The summed E-state index contributed by atoms with van der Waals surface area (Å²) in [6.45, 7) is 4.86. The molecule has 5 rings (SSSR count). The Kier molecular flexibility index (Phi) is 7.21. The zero-order valence-electron chi connectivity index (χ0n) is 23.6. The number of carbonyl (C=O) groups excluding carboxylic acids is 1. The van der Waals surface area contributed by atoms with Gasteiger partial charge in [-0.05, 0) is 32.8 Å². The topological polar surface area (TPSA) is 124 Å². The van der Waals surface area contributed by atoms with Gasteiger partial charge >= 0.3 is 5.69 Å². The Balaban J connectivity index is 1.82. The number of nitrogens with zero attached hydrogens (tertiary/aromatic N) is 7. The van der Waals surface area contributed by atoms with E-state index in [-0.39, 0.29) is 36.1 Å². The summed E-state index contributed by atoms with van der Waals surface area (Å²) in [6.07, 6.45) is 1.72. The summed E-state index contributed by atoms with van der Waals surface area (Å²) in [4.78, 5) is 54.3. The third-order valence-corrected chi connectivity index (χ3v) is 7.44. The van der Waals surface area contributed by atoms with Crippen molar-refractivity contribution in [2.75, 3.05) is 32.1 Å². The molecule has 1 saturated heterocycles. The van der Waals surface area contributed by atoms with Crippen molar-refractivity contribution >= 4 is 33.7 Å². The maximum atomic E-state index is 14.2. The Hall–Kier alpha value is -4.43. The smallest absolute Gasteiger partial charge is 0.331 e. The minimum atomic E-state index is -0.555. The first-order chi connectivity index (χ1) is 19.1. The quantitative estimate of drug-likeness (QED) is 0.379. The van der Waals surface area contributed by atoms with Crippen LogP contribution in [-0.4, -0.2) is 67.7 Å². The normalized spacial score (nSPS) is 15.3. The van der Waals surface area contributed by atoms with Gasteiger partial charge in [0.15, 0.2) is 0 Å². The summed E-state index contributed by atoms with van der Waals surface area (Å²) in [5, 5.41) is 0.908. The number of benzene rings is 1. The van der Waals surface area contributed by atoms with Crippen molar-refractivity contribution in [2.45, 2.75) is 45.8 Å². The van der Waals surface area contributed by atoms with Crippen LogP contribution in [0, 0.1) is 18.8 Å². The molecule has 3 aromatic heterocycles. The summed E-state index contributed by atoms with van der Waals surface area (Å²) < 4.78 is 4.29. The summed E-state index contributed by atoms with van der Waals surface area (Å²) in [5.41, 5.74) is 7.57. The highest BCUT2D eigenvalue weighted by molar-refractivity contribution is 6.10. The van der Waals surface area contributed by atoms with Gasteiger partial charge in [0, 0.05) is 51.4 Å². The highest BCUT2D eigenvalue weighted by Crippen LogP contribution is 2.33. The lowest BCUT2D eigenvalue weighted by Gasteiger charge is -2.34. The molecule has 208 valence electrons. The number of nitrogens with two attached hydrogens (primary N) is 1. The Labute approximate surface area is 231 Å². The number of fused-ring (bicyclic) bond motifs is 2. The lowest BCUT2D eigenvalue weighted by molar-refractivity contribution is 0.0829. The van der Waals surface area contributed by atoms with Crippen molar-refractivity contribution in [3.8, 4) is 11.8 Å². The first-order valence-electron chi connectivity index (χ1n) is 13.3. The molecule has 0 bridgehead atoms. The number of amides is 1. The number of anilines is 1. The SMILES string of the molecule is CC#CCn1c(N2CCC[C@@H](N)C2)c(C(=O)N(C)C)c2c1c(=O)n(Cc1nc(C)c3ccccc3n1)c(=O)n2C. The van der Waals surface area contributed by atoms with Crippen LogP contribution in [0.4, 0.5) is 5.82 Å². The Morgan fingerprint density at radius 3 is 2.60 bits per heavy atom. The van der Waals surface area contributed by atoms with Gasteiger partial charge in [0.25, 0.3) is 11.5 Å². The molecule has 0 radical (unpaired) electrons. The average molecular weight is 543 g/mol. The molecule has 11 heteroatoms. The number of carbonyl (C=O) groups is 1. The Bertz CT molecular complexity index is 1820. The molecule has 0 unspecified atom stereocenters. The molecule has 1 aromatic carbocycles. The molecule has 1 atom stereocenters. The maximum absolute atomic E-state index is 14.2. The third-order valence-electron chi connectivity index (χ3n) is 7.44. The molecule has 1 aliphatic heterocycles. The summed E-state index contributed by atoms with van der Waals surface area (Å²) in [5.74, 6) is 6.57. The molecule has 1 fully saturated rings. The molecule has 0 saturated carbocycles. The molecule has 2 N–H and O–H groups in total. The molecule has 0 aliphatic carbocycles. The predicted octanol–water partition coefficient (Wildman–Crippen LogP) is 1.45. The maximum Gasteiger partial charge on any atom is 0.331 e. The van der Waals surface area contributed by atoms with E-state index < -0.39 is 11.2 Å². The third kappa shape index (κ3) is 4.54. The van der Waals surface area contributed by atoms with Gasteiger partial charge in [-0.25, -0.2) is 14.8 Å². The second-order valence-corrected chi connectivity index (χ2v) is 10.4. The van der Waals surface area contributed by atoms with Crippen LogP contribution in [0.3, 0.4) is 0 Å². The fourth-order valence-corrected chi connectivity index (χ4v) is 5.54. The van der Waals surface area contributed by atoms with E-state index in [1.165, 1.54) is 9.47 Å². The van der Waals surface area contributed by atoms with E-state index in [4.69, 9.17) is 5.73 Å². The van der Waals surface area contributed by atoms with E-state index in [2.05, 4.69) is 21.8 Å². The van der Waals surface area contributed by atoms with E-state index in [1.807, 2.05) is 36.1 Å². The molecule has 0 spiro atoms. The molecule has 11 nitrogen and oxygen atoms in total. The fourth-order valence-electron chi connectivity index (χ4n) is 5.54. The number of para-hydroxylation sites is 1. The lowest BCUT2D eigenvalue weighted by atomic mass is 10.1. The number of hydrogen-bond acceptors (Lipinski definition) is 7. The zero-order valence-corrected chi connectivity index (χ0v) is 23.6. The summed E-state index contributed by atoms with van der Waals surface area (Å²) in [7, 11) is 4.89. The van der Waals surface area contributed by atoms with Gasteiger partial charge in [-0.1, -0.05) is 24.1 Å². The fraction of sp³-hybridized carbons (Fsp3) is 0.414. The molecule has 40 heavy (non-hydrogen) atoms. The Morgan fingerprint density at radius 2 is 1.90 bits per heavy atom. The van der Waals surface area contributed by atoms with Crippen molar-refractivity contribution < 1.29 is 4.79 Å². The first-order valence-corrected chi connectivity index (χ1v) is 13.3. The van der Waals surface area contributed by atoms with Gasteiger partial charge in [-0.15, -0.1) is 5.92 Å². The van der Waals surface area contributed by atoms with Crippen LogP contribution in [0.25, 0.3) is 21.9 Å². The van der Waals surface area contributed by atoms with Crippen LogP contribution in [0.5, 0.6) is 0 Å². The van der Waals surface area contributed by atoms with Crippen molar-refractivity contribution in [3.63, 3.8) is 0 Å². The van der Waals surface area contributed by atoms with Gasteiger partial charge in [-0.3, -0.25) is 18.7 Å². The van der Waals surface area contributed by atoms with Crippen LogP contribution in [-0.2, 0) is 20.1 Å². The van der Waals surface area contributed by atoms with Crippen LogP contribution < -0.4 is 21.9 Å². The van der Waals surface area contributed by atoms with Crippen LogP contribution in [0.1, 0.15) is 41.6 Å². The molecule has 1 amide bonds. The molecule has 4 heterocycles. The van der Waals surface area contributed by atoms with Gasteiger partial charge in [0.05, 0.1) is 24.1 Å². The molecular weight excluding hydrogens is 508 g/mol. The zero-order chi connectivity index (χ0) is 28.7. The van der Waals surface area contributed by atoms with Crippen molar-refractivity contribution in [1.29, 1.82) is 0 Å². The van der Waals surface area contributed by atoms with Crippen LogP contribution in [0.15, 0.2) is 33.9 Å². The number of hydrogen-bond donors (Lipinski definition) is 1. The summed E-state index contributed by atoms with van der Waals surface area (Å²) in [6, 6.07) is 7.54. The highest BCUT2D eigenvalue weighted by atomic mass is 16.2. The van der Waals surface area contributed by atoms with E-state index in [0.717, 1.165) is 34.0 Å². The van der Waals surface area contributed by atoms with E-state index in [9.17, 15) is 14.4 Å². The number of rotatable bonds is 5. The Morgan fingerprint density at radius 1 is 1.15 bits per heavy atom. The number of aromatic nitrogens is 5. The van der Waals surface area contributed by atoms with Gasteiger partial charge in [0.1, 0.15) is 22.7 Å². The summed E-state index contributed by atoms with van der Waals surface area (Å²) >= 11 is 0. The molecule has 4 aromatic rings. The highest BCUT2D eigenvalue weighted by Gasteiger charge is 2.33. The average Bonchev–Trinajstić information content (AvgIpc) is 3.27. The first kappa shape index (κ1) is 27.1. The molecule has 1 aliphatic rings. The number of aryl methyl sites for hydroxylation is 2. The van der Waals surface area contributed by atoms with Crippen molar-refractivity contribution in [2.24, 2.45) is 12.8 Å². The standard InChI is InChI=1S/C29H34N8O3/c1-6-7-15-36-25-24(23(27(38)33(3)4)26(36)35-14-10-11-19(30)16-35)34(5)29(40)37(28(25)39)17-22-31-18(2)20-12-8-9-13-21(20)32-22/h8-9,12-13,19H,10-11,14-17,30H2,1-5H3/t19-/m1/s1.